The van der Waals surface area contributed by atoms with E-state index in [2.05, 4.69) is 0 Å². The highest BCUT2D eigenvalue weighted by Crippen LogP contribution is 2.29. The van der Waals surface area contributed by atoms with E-state index < -0.39 is 0 Å². The number of benzene rings is 3. The monoisotopic (exact) mass is 370 g/mol. The fraction of sp³-hybridized carbons (Fsp3) is 0.0500. The summed E-state index contributed by atoms with van der Waals surface area (Å²) in [5.74, 6) is 0.421. The van der Waals surface area contributed by atoms with Crippen LogP contribution in [0, 0.1) is 5.82 Å². The van der Waals surface area contributed by atoms with Crippen LogP contribution in [0.25, 0.3) is 22.4 Å². The van der Waals surface area contributed by atoms with E-state index >= 15 is 0 Å². The molecule has 0 spiro atoms. The first kappa shape index (κ1) is 16.1. The number of hydrogen-bond acceptors (Lipinski definition) is 1. The van der Waals surface area contributed by atoms with Gasteiger partial charge in [-0.1, -0.05) is 41.4 Å². The number of aromatic nitrogens is 2. The van der Waals surface area contributed by atoms with Crippen LogP contribution in [0.4, 0.5) is 4.39 Å². The Balaban J connectivity index is 1.92. The molecule has 4 rings (SSSR count). The number of rotatable bonds is 3. The Morgan fingerprint density at radius 3 is 2.40 bits per heavy atom. The van der Waals surface area contributed by atoms with Gasteiger partial charge in [0.05, 0.1) is 17.6 Å². The van der Waals surface area contributed by atoms with Crippen LogP contribution in [0.1, 0.15) is 5.56 Å². The summed E-state index contributed by atoms with van der Waals surface area (Å²) >= 11 is 12.2. The van der Waals surface area contributed by atoms with E-state index in [-0.39, 0.29) is 5.82 Å². The van der Waals surface area contributed by atoms with Gasteiger partial charge in [0, 0.05) is 21.2 Å². The molecule has 0 bridgehead atoms. The number of imidazole rings is 1. The van der Waals surface area contributed by atoms with Gasteiger partial charge in [0.1, 0.15) is 11.6 Å². The maximum absolute atomic E-state index is 14.3. The van der Waals surface area contributed by atoms with Gasteiger partial charge in [-0.15, -0.1) is 0 Å². The number of nitrogens with zero attached hydrogens (tertiary/aromatic N) is 2. The summed E-state index contributed by atoms with van der Waals surface area (Å²) in [5, 5.41) is 1.06. The molecule has 0 radical (unpaired) electrons. The summed E-state index contributed by atoms with van der Waals surface area (Å²) in [7, 11) is 0. The molecule has 124 valence electrons. The second kappa shape index (κ2) is 6.51. The van der Waals surface area contributed by atoms with Gasteiger partial charge in [-0.05, 0) is 48.5 Å². The predicted octanol–water partition coefficient (Wildman–Crippen LogP) is 6.20. The highest BCUT2D eigenvalue weighted by molar-refractivity contribution is 6.31. The lowest BCUT2D eigenvalue weighted by atomic mass is 10.1. The molecule has 1 heterocycles. The van der Waals surface area contributed by atoms with Crippen LogP contribution < -0.4 is 0 Å². The molecule has 0 unspecified atom stereocenters. The van der Waals surface area contributed by atoms with Gasteiger partial charge in [-0.3, -0.25) is 0 Å². The average molecular weight is 371 g/mol. The van der Waals surface area contributed by atoms with Crippen LogP contribution in [0.2, 0.25) is 10.0 Å². The van der Waals surface area contributed by atoms with Crippen molar-refractivity contribution >= 4 is 34.2 Å². The molecule has 0 amide bonds. The zero-order valence-corrected chi connectivity index (χ0v) is 14.6. The van der Waals surface area contributed by atoms with E-state index in [0.717, 1.165) is 22.4 Å². The van der Waals surface area contributed by atoms with Crippen LogP contribution in [0.3, 0.4) is 0 Å². The third-order valence-electron chi connectivity index (χ3n) is 4.13. The first-order valence-electron chi connectivity index (χ1n) is 7.77. The molecule has 25 heavy (non-hydrogen) atoms. The molecule has 0 fully saturated rings. The van der Waals surface area contributed by atoms with Crippen LogP contribution in [-0.2, 0) is 6.54 Å². The lowest BCUT2D eigenvalue weighted by Crippen LogP contribution is -2.05. The third kappa shape index (κ3) is 3.01. The van der Waals surface area contributed by atoms with Crippen LogP contribution in [0.5, 0.6) is 0 Å². The Morgan fingerprint density at radius 2 is 1.64 bits per heavy atom. The number of para-hydroxylation sites is 2. The number of hydrogen-bond donors (Lipinski definition) is 0. The lowest BCUT2D eigenvalue weighted by molar-refractivity contribution is 0.602. The summed E-state index contributed by atoms with van der Waals surface area (Å²) in [6.45, 7) is 0.296. The standard InChI is InChI=1S/C20H13Cl2FN2/c21-14-10-8-13(9-11-14)20-24-18-6-1-2-7-19(18)25(20)12-15-16(22)4-3-5-17(15)23/h1-11H,12H2. The van der Waals surface area contributed by atoms with Crippen molar-refractivity contribution in [2.45, 2.75) is 6.54 Å². The van der Waals surface area contributed by atoms with Gasteiger partial charge in [0.25, 0.3) is 0 Å². The molecule has 0 aliphatic carbocycles. The maximum atomic E-state index is 14.3. The summed E-state index contributed by atoms with van der Waals surface area (Å²) in [6.07, 6.45) is 0. The number of fused-ring (bicyclic) bond motifs is 1. The zero-order chi connectivity index (χ0) is 17.4. The molecule has 5 heteroatoms. The largest absolute Gasteiger partial charge is 0.319 e. The molecule has 3 aromatic carbocycles. The molecule has 1 aromatic heterocycles. The maximum Gasteiger partial charge on any atom is 0.141 e. The molecule has 0 N–H and O–H groups in total. The van der Waals surface area contributed by atoms with Crippen LogP contribution in [0.15, 0.2) is 66.7 Å². The first-order valence-corrected chi connectivity index (χ1v) is 8.53. The van der Waals surface area contributed by atoms with Gasteiger partial charge < -0.3 is 4.57 Å². The van der Waals surface area contributed by atoms with Crippen molar-refractivity contribution in [1.29, 1.82) is 0 Å². The summed E-state index contributed by atoms with van der Waals surface area (Å²) in [6, 6.07) is 19.9. The number of halogens is 3. The van der Waals surface area contributed by atoms with Crippen LogP contribution in [-0.4, -0.2) is 9.55 Å². The molecule has 0 aliphatic heterocycles. The Morgan fingerprint density at radius 1 is 0.880 bits per heavy atom. The van der Waals surface area contributed by atoms with Crippen molar-refractivity contribution in [3.63, 3.8) is 0 Å². The topological polar surface area (TPSA) is 17.8 Å². The van der Waals surface area contributed by atoms with E-state index in [4.69, 9.17) is 28.2 Å². The van der Waals surface area contributed by atoms with E-state index in [1.807, 2.05) is 53.1 Å². The second-order valence-corrected chi connectivity index (χ2v) is 6.56. The smallest absolute Gasteiger partial charge is 0.141 e. The molecule has 4 aromatic rings. The Kier molecular flexibility index (Phi) is 4.20. The minimum atomic E-state index is -0.327. The fourth-order valence-electron chi connectivity index (χ4n) is 2.90. The normalized spacial score (nSPS) is 11.2. The molecular weight excluding hydrogens is 358 g/mol. The average Bonchev–Trinajstić information content (AvgIpc) is 2.97. The highest BCUT2D eigenvalue weighted by atomic mass is 35.5. The van der Waals surface area contributed by atoms with Gasteiger partial charge in [0.15, 0.2) is 0 Å². The Bertz CT molecular complexity index is 1030. The fourth-order valence-corrected chi connectivity index (χ4v) is 3.25. The van der Waals surface area contributed by atoms with E-state index in [1.165, 1.54) is 6.07 Å². The second-order valence-electron chi connectivity index (χ2n) is 5.72. The molecular formula is C20H13Cl2FN2. The van der Waals surface area contributed by atoms with Gasteiger partial charge in [0.2, 0.25) is 0 Å². The van der Waals surface area contributed by atoms with Gasteiger partial charge in [-0.2, -0.15) is 0 Å². The SMILES string of the molecule is Fc1cccc(Cl)c1Cn1c(-c2ccc(Cl)cc2)nc2ccccc21. The van der Waals surface area contributed by atoms with Crippen molar-refractivity contribution in [2.24, 2.45) is 0 Å². The van der Waals surface area contributed by atoms with Gasteiger partial charge in [-0.25, -0.2) is 9.37 Å². The van der Waals surface area contributed by atoms with Crippen molar-refractivity contribution < 1.29 is 4.39 Å². The Hall–Kier alpha value is -2.36. The highest BCUT2D eigenvalue weighted by Gasteiger charge is 2.16. The molecule has 2 nitrogen and oxygen atoms in total. The summed E-state index contributed by atoms with van der Waals surface area (Å²) in [5.41, 5.74) is 3.13. The van der Waals surface area contributed by atoms with Crippen molar-refractivity contribution in [3.05, 3.63) is 88.2 Å². The molecule has 0 saturated heterocycles. The minimum absolute atomic E-state index is 0.296. The van der Waals surface area contributed by atoms with Crippen molar-refractivity contribution in [3.8, 4) is 11.4 Å². The zero-order valence-electron chi connectivity index (χ0n) is 13.1. The Labute approximate surface area is 154 Å². The van der Waals surface area contributed by atoms with E-state index in [9.17, 15) is 4.39 Å². The van der Waals surface area contributed by atoms with E-state index in [0.29, 0.717) is 22.2 Å². The van der Waals surface area contributed by atoms with E-state index in [1.54, 1.807) is 12.1 Å². The quantitative estimate of drug-likeness (QED) is 0.419. The lowest BCUT2D eigenvalue weighted by Gasteiger charge is -2.12. The molecule has 0 aliphatic rings. The van der Waals surface area contributed by atoms with Crippen LogP contribution >= 0.6 is 23.2 Å². The van der Waals surface area contributed by atoms with Crippen molar-refractivity contribution in [2.75, 3.05) is 0 Å². The van der Waals surface area contributed by atoms with Gasteiger partial charge >= 0.3 is 0 Å². The summed E-state index contributed by atoms with van der Waals surface area (Å²) < 4.78 is 16.3. The first-order chi connectivity index (χ1) is 12.1. The minimum Gasteiger partial charge on any atom is -0.319 e. The molecule has 0 saturated carbocycles. The predicted molar refractivity (Wildman–Crippen MR) is 101 cm³/mol. The van der Waals surface area contributed by atoms with Crippen molar-refractivity contribution in [1.82, 2.24) is 9.55 Å². The summed E-state index contributed by atoms with van der Waals surface area (Å²) in [4.78, 5) is 4.72. The molecule has 0 atom stereocenters. The third-order valence-corrected chi connectivity index (χ3v) is 4.74.